The Balaban J connectivity index is 0.00000133. The SMILES string of the molecule is CO.O=C(NC1CCNC1=O)C1CC(c2cc(-c3ccc(F)cc3)[nH]c2-c2ccc(F)cc2)C1. The van der Waals surface area contributed by atoms with Gasteiger partial charge < -0.3 is 20.7 Å². The maximum atomic E-state index is 13.5. The third-order valence-corrected chi connectivity index (χ3v) is 6.45. The van der Waals surface area contributed by atoms with Crippen LogP contribution in [0.25, 0.3) is 22.5 Å². The van der Waals surface area contributed by atoms with Crippen LogP contribution >= 0.6 is 0 Å². The average Bonchev–Trinajstić information content (AvgIpc) is 3.42. The molecule has 0 bridgehead atoms. The first-order valence-electron chi connectivity index (χ1n) is 11.3. The Kier molecular flexibility index (Phi) is 7.07. The van der Waals surface area contributed by atoms with Crippen LogP contribution < -0.4 is 10.6 Å². The highest BCUT2D eigenvalue weighted by Crippen LogP contribution is 2.46. The Labute approximate surface area is 196 Å². The topological polar surface area (TPSA) is 94.2 Å². The summed E-state index contributed by atoms with van der Waals surface area (Å²) in [6, 6.07) is 14.1. The number of amides is 2. The molecule has 1 unspecified atom stereocenters. The number of hydrogen-bond donors (Lipinski definition) is 4. The number of aliphatic hydroxyl groups excluding tert-OH is 1. The number of rotatable bonds is 5. The smallest absolute Gasteiger partial charge is 0.242 e. The predicted molar refractivity (Wildman–Crippen MR) is 125 cm³/mol. The van der Waals surface area contributed by atoms with Crippen LogP contribution in [0.2, 0.25) is 0 Å². The summed E-state index contributed by atoms with van der Waals surface area (Å²) in [6.45, 7) is 0.591. The molecule has 2 heterocycles. The molecule has 1 aliphatic carbocycles. The maximum absolute atomic E-state index is 13.5. The van der Waals surface area contributed by atoms with Crippen molar-refractivity contribution in [2.45, 2.75) is 31.2 Å². The summed E-state index contributed by atoms with van der Waals surface area (Å²) in [6.07, 6.45) is 1.97. The van der Waals surface area contributed by atoms with Crippen LogP contribution in [-0.4, -0.2) is 41.6 Å². The van der Waals surface area contributed by atoms with Gasteiger partial charge in [-0.3, -0.25) is 9.59 Å². The number of benzene rings is 2. The van der Waals surface area contributed by atoms with Gasteiger partial charge in [-0.05, 0) is 96.5 Å². The van der Waals surface area contributed by atoms with Crippen LogP contribution in [-0.2, 0) is 9.59 Å². The van der Waals surface area contributed by atoms with Gasteiger partial charge in [-0.25, -0.2) is 8.78 Å². The van der Waals surface area contributed by atoms with Crippen molar-refractivity contribution in [2.24, 2.45) is 5.92 Å². The summed E-state index contributed by atoms with van der Waals surface area (Å²) in [7, 11) is 1.00. The number of carbonyl (C=O) groups excluding carboxylic acids is 2. The van der Waals surface area contributed by atoms with E-state index >= 15 is 0 Å². The molecule has 8 heteroatoms. The number of aliphatic hydroxyl groups is 1. The highest BCUT2D eigenvalue weighted by molar-refractivity contribution is 5.90. The molecule has 1 saturated heterocycles. The second kappa shape index (κ2) is 10.2. The summed E-state index contributed by atoms with van der Waals surface area (Å²) in [5, 5.41) is 12.6. The zero-order valence-electron chi connectivity index (χ0n) is 18.8. The lowest BCUT2D eigenvalue weighted by atomic mass is 9.70. The third kappa shape index (κ3) is 4.87. The zero-order valence-corrected chi connectivity index (χ0v) is 18.8. The van der Waals surface area contributed by atoms with Crippen LogP contribution in [0.3, 0.4) is 0 Å². The van der Waals surface area contributed by atoms with E-state index in [0.29, 0.717) is 25.8 Å². The number of hydrogen-bond acceptors (Lipinski definition) is 3. The first kappa shape index (κ1) is 23.6. The molecule has 0 spiro atoms. The normalized spacial score (nSPS) is 21.2. The molecule has 2 aromatic carbocycles. The van der Waals surface area contributed by atoms with Crippen molar-refractivity contribution in [3.8, 4) is 22.5 Å². The zero-order chi connectivity index (χ0) is 24.2. The molecule has 1 saturated carbocycles. The van der Waals surface area contributed by atoms with Crippen LogP contribution in [0.5, 0.6) is 0 Å². The molecule has 2 fully saturated rings. The number of halogens is 2. The van der Waals surface area contributed by atoms with Crippen molar-refractivity contribution in [2.75, 3.05) is 13.7 Å². The molecule has 1 aliphatic heterocycles. The van der Waals surface area contributed by atoms with Crippen molar-refractivity contribution in [3.63, 3.8) is 0 Å². The Morgan fingerprint density at radius 2 is 1.56 bits per heavy atom. The maximum Gasteiger partial charge on any atom is 0.242 e. The standard InChI is InChI=1S/C25H23F2N3O2.CH4O/c26-18-5-1-14(2-6-18)22-13-20(23(29-22)15-3-7-19(27)8-4-15)16-11-17(12-16)24(31)30-21-9-10-28-25(21)32;1-2/h1-8,13,16-17,21,29H,9-12H2,(H,28,32)(H,30,31);2H,1H3. The Morgan fingerprint density at radius 3 is 2.12 bits per heavy atom. The summed E-state index contributed by atoms with van der Waals surface area (Å²) < 4.78 is 26.8. The van der Waals surface area contributed by atoms with E-state index in [-0.39, 0.29) is 35.3 Å². The molecule has 3 aromatic rings. The Morgan fingerprint density at radius 1 is 0.971 bits per heavy atom. The number of carbonyl (C=O) groups is 2. The summed E-state index contributed by atoms with van der Waals surface area (Å²) >= 11 is 0. The van der Waals surface area contributed by atoms with E-state index in [0.717, 1.165) is 35.2 Å². The first-order chi connectivity index (χ1) is 16.5. The van der Waals surface area contributed by atoms with Gasteiger partial charge in [-0.15, -0.1) is 0 Å². The van der Waals surface area contributed by atoms with Crippen LogP contribution in [0.4, 0.5) is 8.78 Å². The van der Waals surface area contributed by atoms with Crippen molar-refractivity contribution in [1.82, 2.24) is 15.6 Å². The van der Waals surface area contributed by atoms with E-state index in [4.69, 9.17) is 5.11 Å². The molecule has 1 aromatic heterocycles. The highest BCUT2D eigenvalue weighted by Gasteiger charge is 2.39. The molecular weight excluding hydrogens is 440 g/mol. The van der Waals surface area contributed by atoms with Gasteiger partial charge in [-0.1, -0.05) is 0 Å². The molecule has 178 valence electrons. The third-order valence-electron chi connectivity index (χ3n) is 6.45. The molecular formula is C26H27F2N3O3. The Bertz CT molecular complexity index is 1150. The van der Waals surface area contributed by atoms with E-state index in [2.05, 4.69) is 15.6 Å². The monoisotopic (exact) mass is 467 g/mol. The van der Waals surface area contributed by atoms with Crippen LogP contribution in [0.1, 0.15) is 30.7 Å². The van der Waals surface area contributed by atoms with E-state index in [1.807, 2.05) is 6.07 Å². The lowest BCUT2D eigenvalue weighted by Gasteiger charge is -2.35. The number of aromatic nitrogens is 1. The second-order valence-corrected chi connectivity index (χ2v) is 8.53. The molecule has 5 rings (SSSR count). The summed E-state index contributed by atoms with van der Waals surface area (Å²) in [4.78, 5) is 27.7. The fraction of sp³-hybridized carbons (Fsp3) is 0.308. The average molecular weight is 468 g/mol. The molecule has 34 heavy (non-hydrogen) atoms. The summed E-state index contributed by atoms with van der Waals surface area (Å²) in [5.41, 5.74) is 4.48. The van der Waals surface area contributed by atoms with Gasteiger partial charge in [0.25, 0.3) is 0 Å². The van der Waals surface area contributed by atoms with E-state index in [1.165, 1.54) is 24.3 Å². The second-order valence-electron chi connectivity index (χ2n) is 8.53. The quantitative estimate of drug-likeness (QED) is 0.461. The first-order valence-corrected chi connectivity index (χ1v) is 11.3. The molecule has 1 atom stereocenters. The largest absolute Gasteiger partial charge is 0.400 e. The van der Waals surface area contributed by atoms with Crippen molar-refractivity contribution in [1.29, 1.82) is 0 Å². The minimum Gasteiger partial charge on any atom is -0.400 e. The molecule has 0 radical (unpaired) electrons. The number of aromatic amines is 1. The van der Waals surface area contributed by atoms with E-state index in [9.17, 15) is 18.4 Å². The minimum atomic E-state index is -0.436. The van der Waals surface area contributed by atoms with Crippen molar-refractivity contribution >= 4 is 11.8 Å². The fourth-order valence-electron chi connectivity index (χ4n) is 4.54. The molecule has 6 nitrogen and oxygen atoms in total. The highest BCUT2D eigenvalue weighted by atomic mass is 19.1. The van der Waals surface area contributed by atoms with Gasteiger partial charge in [0, 0.05) is 31.0 Å². The summed E-state index contributed by atoms with van der Waals surface area (Å²) in [5.74, 6) is -0.796. The van der Waals surface area contributed by atoms with Crippen LogP contribution in [0, 0.1) is 17.6 Å². The lowest BCUT2D eigenvalue weighted by Crippen LogP contribution is -2.45. The predicted octanol–water partition coefficient (Wildman–Crippen LogP) is 3.73. The van der Waals surface area contributed by atoms with Gasteiger partial charge in [-0.2, -0.15) is 0 Å². The van der Waals surface area contributed by atoms with Gasteiger partial charge in [0.2, 0.25) is 11.8 Å². The van der Waals surface area contributed by atoms with Gasteiger partial charge in [0.1, 0.15) is 17.7 Å². The van der Waals surface area contributed by atoms with Gasteiger partial charge in [0.15, 0.2) is 0 Å². The van der Waals surface area contributed by atoms with Crippen molar-refractivity contribution in [3.05, 3.63) is 71.8 Å². The van der Waals surface area contributed by atoms with Crippen molar-refractivity contribution < 1.29 is 23.5 Å². The minimum absolute atomic E-state index is 0.0825. The molecule has 2 aliphatic rings. The number of nitrogens with one attached hydrogen (secondary N) is 3. The van der Waals surface area contributed by atoms with Gasteiger partial charge >= 0.3 is 0 Å². The van der Waals surface area contributed by atoms with E-state index < -0.39 is 6.04 Å². The number of H-pyrrole nitrogens is 1. The van der Waals surface area contributed by atoms with Crippen LogP contribution in [0.15, 0.2) is 54.6 Å². The van der Waals surface area contributed by atoms with Gasteiger partial charge in [0.05, 0.1) is 0 Å². The lowest BCUT2D eigenvalue weighted by molar-refractivity contribution is -0.132. The Hall–Kier alpha value is -3.52. The molecule has 4 N–H and O–H groups in total. The van der Waals surface area contributed by atoms with E-state index in [1.54, 1.807) is 24.3 Å². The fourth-order valence-corrected chi connectivity index (χ4v) is 4.54. The molecule has 2 amide bonds.